The van der Waals surface area contributed by atoms with Crippen molar-refractivity contribution in [3.05, 3.63) is 108 Å². The van der Waals surface area contributed by atoms with Gasteiger partial charge < -0.3 is 9.84 Å². The van der Waals surface area contributed by atoms with Crippen LogP contribution in [0.2, 0.25) is 0 Å². The Morgan fingerprint density at radius 1 is 1.03 bits per heavy atom. The quantitative estimate of drug-likeness (QED) is 0.394. The molecule has 1 aliphatic heterocycles. The summed E-state index contributed by atoms with van der Waals surface area (Å²) in [6, 6.07) is 25.5. The van der Waals surface area contributed by atoms with Crippen molar-refractivity contribution in [2.75, 3.05) is 25.0 Å². The Morgan fingerprint density at radius 2 is 1.75 bits per heavy atom. The average Bonchev–Trinajstić information content (AvgIpc) is 2.87. The Balaban J connectivity index is 1.57. The molecule has 0 saturated carbocycles. The van der Waals surface area contributed by atoms with Crippen molar-refractivity contribution >= 4 is 11.8 Å². The van der Waals surface area contributed by atoms with E-state index in [1.807, 2.05) is 72.8 Å². The second-order valence-electron chi connectivity index (χ2n) is 9.45. The van der Waals surface area contributed by atoms with Crippen LogP contribution in [0.3, 0.4) is 0 Å². The van der Waals surface area contributed by atoms with Gasteiger partial charge in [0.1, 0.15) is 12.4 Å². The molecule has 0 bridgehead atoms. The van der Waals surface area contributed by atoms with Crippen molar-refractivity contribution in [2.45, 2.75) is 38.6 Å². The highest BCUT2D eigenvalue weighted by molar-refractivity contribution is 5.84. The fraction of sp³-hybridized carbons (Fsp3) is 0.300. The van der Waals surface area contributed by atoms with Crippen LogP contribution in [-0.2, 0) is 11.3 Å². The summed E-state index contributed by atoms with van der Waals surface area (Å²) < 4.78 is 5.41. The number of amides is 1. The van der Waals surface area contributed by atoms with E-state index < -0.39 is 6.09 Å². The molecule has 6 heteroatoms. The Bertz CT molecular complexity index is 1170. The van der Waals surface area contributed by atoms with E-state index in [0.29, 0.717) is 11.7 Å². The van der Waals surface area contributed by atoms with E-state index in [-0.39, 0.29) is 24.4 Å². The van der Waals surface area contributed by atoms with Crippen LogP contribution in [0, 0.1) is 0 Å². The molecule has 0 aliphatic carbocycles. The standard InChI is InChI=1S/C30H35N3O3/c1-4-16-32-19-23(3)33(20-22(32)2)29(26-13-9-15-28(34)18-26)25-12-8-14-27(17-25)31-30(35)36-21-24-10-6-5-7-11-24/h4-15,17-18,22-23,29,34H,1,16,19-21H2,2-3H3,(H,31,35)/t22-,23+,29-/m1/s1. The third kappa shape index (κ3) is 6.33. The number of hydrogen-bond acceptors (Lipinski definition) is 5. The number of ether oxygens (including phenoxy) is 1. The lowest BCUT2D eigenvalue weighted by atomic mass is 9.93. The van der Waals surface area contributed by atoms with Crippen molar-refractivity contribution < 1.29 is 14.6 Å². The number of nitrogens with one attached hydrogen (secondary N) is 1. The van der Waals surface area contributed by atoms with Gasteiger partial charge in [-0.1, -0.05) is 60.7 Å². The van der Waals surface area contributed by atoms with E-state index in [2.05, 4.69) is 41.6 Å². The van der Waals surface area contributed by atoms with E-state index in [9.17, 15) is 9.90 Å². The number of nitrogens with zero attached hydrogens (tertiary/aromatic N) is 2. The molecule has 188 valence electrons. The van der Waals surface area contributed by atoms with Crippen molar-refractivity contribution in [1.82, 2.24) is 9.80 Å². The number of rotatable bonds is 8. The van der Waals surface area contributed by atoms with E-state index in [1.165, 1.54) is 0 Å². The molecule has 2 N–H and O–H groups in total. The molecule has 3 aromatic rings. The molecule has 3 aromatic carbocycles. The van der Waals surface area contributed by atoms with Crippen molar-refractivity contribution in [2.24, 2.45) is 0 Å². The topological polar surface area (TPSA) is 65.0 Å². The van der Waals surface area contributed by atoms with Crippen molar-refractivity contribution in [3.8, 4) is 5.75 Å². The minimum atomic E-state index is -0.495. The third-order valence-electron chi connectivity index (χ3n) is 6.71. The first kappa shape index (κ1) is 25.5. The molecule has 1 heterocycles. The second-order valence-corrected chi connectivity index (χ2v) is 9.45. The first-order chi connectivity index (χ1) is 17.4. The highest BCUT2D eigenvalue weighted by Crippen LogP contribution is 2.35. The molecule has 0 spiro atoms. The number of piperazine rings is 1. The number of carbonyl (C=O) groups excluding carboxylic acids is 1. The largest absolute Gasteiger partial charge is 0.508 e. The van der Waals surface area contributed by atoms with E-state index in [0.717, 1.165) is 36.3 Å². The van der Waals surface area contributed by atoms with E-state index >= 15 is 0 Å². The highest BCUT2D eigenvalue weighted by Gasteiger charge is 2.34. The lowest BCUT2D eigenvalue weighted by molar-refractivity contribution is 0.0306. The zero-order chi connectivity index (χ0) is 25.5. The van der Waals surface area contributed by atoms with Gasteiger partial charge in [0.05, 0.1) is 6.04 Å². The molecule has 0 radical (unpaired) electrons. The van der Waals surface area contributed by atoms with Gasteiger partial charge in [0.2, 0.25) is 0 Å². The summed E-state index contributed by atoms with van der Waals surface area (Å²) in [5, 5.41) is 13.1. The summed E-state index contributed by atoms with van der Waals surface area (Å²) in [6.45, 7) is 11.2. The van der Waals surface area contributed by atoms with Gasteiger partial charge >= 0.3 is 6.09 Å². The predicted molar refractivity (Wildman–Crippen MR) is 144 cm³/mol. The van der Waals surface area contributed by atoms with Crippen molar-refractivity contribution in [1.29, 1.82) is 0 Å². The number of phenols is 1. The first-order valence-corrected chi connectivity index (χ1v) is 12.4. The summed E-state index contributed by atoms with van der Waals surface area (Å²) in [4.78, 5) is 17.4. The van der Waals surface area contributed by atoms with Gasteiger partial charge in [0.15, 0.2) is 0 Å². The molecular weight excluding hydrogens is 450 g/mol. The Kier molecular flexibility index (Phi) is 8.41. The van der Waals surface area contributed by atoms with Crippen LogP contribution in [0.1, 0.15) is 36.6 Å². The van der Waals surface area contributed by atoms with Crippen LogP contribution in [0.15, 0.2) is 91.5 Å². The molecule has 4 rings (SSSR count). The SMILES string of the molecule is C=CCN1C[C@H](C)N([C@@H](c2cccc(O)c2)c2cccc(NC(=O)OCc3ccccc3)c2)C[C@H]1C. The lowest BCUT2D eigenvalue weighted by Gasteiger charge is -2.47. The second kappa shape index (κ2) is 11.9. The van der Waals surface area contributed by atoms with Gasteiger partial charge in [-0.05, 0) is 54.8 Å². The molecule has 1 fully saturated rings. The number of aromatic hydroxyl groups is 1. The van der Waals surface area contributed by atoms with Crippen LogP contribution >= 0.6 is 0 Å². The third-order valence-corrected chi connectivity index (χ3v) is 6.71. The number of carbonyl (C=O) groups is 1. The molecule has 36 heavy (non-hydrogen) atoms. The summed E-state index contributed by atoms with van der Waals surface area (Å²) in [7, 11) is 0. The van der Waals surface area contributed by atoms with Gasteiger partial charge in [-0.3, -0.25) is 15.1 Å². The maximum atomic E-state index is 12.5. The van der Waals surface area contributed by atoms with Crippen LogP contribution < -0.4 is 5.32 Å². The highest BCUT2D eigenvalue weighted by atomic mass is 16.5. The van der Waals surface area contributed by atoms with Crippen LogP contribution in [0.4, 0.5) is 10.5 Å². The number of phenolic OH excluding ortho intramolecular Hbond substituents is 1. The van der Waals surface area contributed by atoms with Gasteiger partial charge in [-0.2, -0.15) is 0 Å². The fourth-order valence-corrected chi connectivity index (χ4v) is 4.94. The molecule has 1 aliphatic rings. The predicted octanol–water partition coefficient (Wildman–Crippen LogP) is 5.81. The number of hydrogen-bond donors (Lipinski definition) is 2. The monoisotopic (exact) mass is 485 g/mol. The van der Waals surface area contributed by atoms with Gasteiger partial charge in [-0.15, -0.1) is 6.58 Å². The number of anilines is 1. The fourth-order valence-electron chi connectivity index (χ4n) is 4.94. The number of benzene rings is 3. The average molecular weight is 486 g/mol. The summed E-state index contributed by atoms with van der Waals surface area (Å²) >= 11 is 0. The van der Waals surface area contributed by atoms with Crippen molar-refractivity contribution in [3.63, 3.8) is 0 Å². The lowest BCUT2D eigenvalue weighted by Crippen LogP contribution is -2.57. The van der Waals surface area contributed by atoms with Crippen LogP contribution in [-0.4, -0.2) is 52.7 Å². The zero-order valence-electron chi connectivity index (χ0n) is 21.0. The molecule has 1 amide bonds. The van der Waals surface area contributed by atoms with Gasteiger partial charge in [0.25, 0.3) is 0 Å². The Hall–Kier alpha value is -3.61. The molecule has 3 atom stereocenters. The zero-order valence-corrected chi connectivity index (χ0v) is 21.0. The Morgan fingerprint density at radius 3 is 2.47 bits per heavy atom. The van der Waals surface area contributed by atoms with Crippen LogP contribution in [0.5, 0.6) is 5.75 Å². The smallest absolute Gasteiger partial charge is 0.411 e. The minimum Gasteiger partial charge on any atom is -0.508 e. The van der Waals surface area contributed by atoms with Crippen LogP contribution in [0.25, 0.3) is 0 Å². The summed E-state index contributed by atoms with van der Waals surface area (Å²) in [5.74, 6) is 0.238. The van der Waals surface area contributed by atoms with Gasteiger partial charge in [-0.25, -0.2) is 4.79 Å². The van der Waals surface area contributed by atoms with E-state index in [1.54, 1.807) is 6.07 Å². The van der Waals surface area contributed by atoms with E-state index in [4.69, 9.17) is 4.74 Å². The van der Waals surface area contributed by atoms with Gasteiger partial charge in [0, 0.05) is 37.4 Å². The molecule has 6 nitrogen and oxygen atoms in total. The molecule has 0 aromatic heterocycles. The maximum absolute atomic E-state index is 12.5. The maximum Gasteiger partial charge on any atom is 0.411 e. The molecule has 0 unspecified atom stereocenters. The normalized spacial score (nSPS) is 19.4. The summed E-state index contributed by atoms with van der Waals surface area (Å²) in [6.07, 6.45) is 1.46. The molecule has 1 saturated heterocycles. The summed E-state index contributed by atoms with van der Waals surface area (Å²) in [5.41, 5.74) is 3.65. The first-order valence-electron chi connectivity index (χ1n) is 12.4. The Labute approximate surface area is 213 Å². The minimum absolute atomic E-state index is 0.0810. The molecular formula is C30H35N3O3.